The van der Waals surface area contributed by atoms with Crippen molar-refractivity contribution in [2.24, 2.45) is 5.41 Å². The maximum absolute atomic E-state index is 12.8. The topological polar surface area (TPSA) is 58.2 Å². The van der Waals surface area contributed by atoms with Crippen molar-refractivity contribution in [2.75, 3.05) is 16.4 Å². The van der Waals surface area contributed by atoms with E-state index < -0.39 is 17.6 Å². The third kappa shape index (κ3) is 7.91. The molecule has 4 nitrogen and oxygen atoms in total. The number of rotatable bonds is 6. The molecule has 2 amide bonds. The smallest absolute Gasteiger partial charge is 0.326 e. The Labute approximate surface area is 182 Å². The summed E-state index contributed by atoms with van der Waals surface area (Å²) in [4.78, 5) is 24.9. The average Bonchev–Trinajstić information content (AvgIpc) is 2.60. The fourth-order valence-electron chi connectivity index (χ4n) is 2.45. The van der Waals surface area contributed by atoms with E-state index >= 15 is 0 Å². The second-order valence-electron chi connectivity index (χ2n) is 7.84. The van der Waals surface area contributed by atoms with Gasteiger partial charge in [-0.15, -0.1) is 11.8 Å². The van der Waals surface area contributed by atoms with E-state index in [4.69, 9.17) is 11.6 Å². The lowest BCUT2D eigenvalue weighted by Crippen LogP contribution is -2.19. The number of halogens is 4. The van der Waals surface area contributed by atoms with Crippen LogP contribution in [0.4, 0.5) is 24.5 Å². The van der Waals surface area contributed by atoms with E-state index in [-0.39, 0.29) is 27.8 Å². The molecule has 0 bridgehead atoms. The van der Waals surface area contributed by atoms with E-state index in [1.54, 1.807) is 24.3 Å². The van der Waals surface area contributed by atoms with Crippen LogP contribution in [0.1, 0.15) is 32.8 Å². The minimum atomic E-state index is -4.52. The number of alkyl halides is 3. The van der Waals surface area contributed by atoms with Crippen LogP contribution in [0, 0.1) is 5.41 Å². The minimum Gasteiger partial charge on any atom is -0.326 e. The Morgan fingerprint density at radius 2 is 1.60 bits per heavy atom. The number of hydrogen-bond donors (Lipinski definition) is 2. The molecule has 0 saturated heterocycles. The molecule has 30 heavy (non-hydrogen) atoms. The van der Waals surface area contributed by atoms with Crippen LogP contribution in [0.5, 0.6) is 0 Å². The fourth-order valence-corrected chi connectivity index (χ4v) is 3.32. The molecule has 162 valence electrons. The highest BCUT2D eigenvalue weighted by atomic mass is 35.5. The average molecular weight is 459 g/mol. The Balaban J connectivity index is 1.90. The fraction of sp³-hybridized carbons (Fsp3) is 0.333. The minimum absolute atomic E-state index is 0.0116. The van der Waals surface area contributed by atoms with Crippen LogP contribution in [0.2, 0.25) is 5.02 Å². The van der Waals surface area contributed by atoms with Crippen molar-refractivity contribution in [2.45, 2.75) is 38.3 Å². The lowest BCUT2D eigenvalue weighted by Gasteiger charge is -2.17. The summed E-state index contributed by atoms with van der Waals surface area (Å²) in [6.45, 7) is 5.93. The molecule has 2 aromatic carbocycles. The molecule has 0 aliphatic rings. The standard InChI is InChI=1S/C21H22ClF3N2O2S/c1-20(2,3)11-18(28)26-14-5-7-15(8-6-14)30-12-19(29)27-17-10-13(21(23,24)25)4-9-16(17)22/h4-10H,11-12H2,1-3H3,(H,26,28)(H,27,29). The number of hydrogen-bond acceptors (Lipinski definition) is 3. The first-order valence-corrected chi connectivity index (χ1v) is 10.4. The summed E-state index contributed by atoms with van der Waals surface area (Å²) >= 11 is 7.09. The van der Waals surface area contributed by atoms with Gasteiger partial charge < -0.3 is 10.6 Å². The molecule has 9 heteroatoms. The molecular formula is C21H22ClF3N2O2S. The zero-order valence-corrected chi connectivity index (χ0v) is 18.3. The molecule has 0 unspecified atom stereocenters. The van der Waals surface area contributed by atoms with Gasteiger partial charge in [0.05, 0.1) is 22.0 Å². The summed E-state index contributed by atoms with van der Waals surface area (Å²) in [6, 6.07) is 9.72. The van der Waals surface area contributed by atoms with Gasteiger partial charge in [0, 0.05) is 17.0 Å². The van der Waals surface area contributed by atoms with Crippen LogP contribution >= 0.6 is 23.4 Å². The summed E-state index contributed by atoms with van der Waals surface area (Å²) < 4.78 is 38.4. The highest BCUT2D eigenvalue weighted by Gasteiger charge is 2.31. The molecule has 0 fully saturated rings. The van der Waals surface area contributed by atoms with Crippen molar-refractivity contribution in [1.82, 2.24) is 0 Å². The first-order chi connectivity index (χ1) is 13.8. The molecule has 0 saturated carbocycles. The summed E-state index contributed by atoms with van der Waals surface area (Å²) in [5.74, 6) is -0.577. The van der Waals surface area contributed by atoms with Gasteiger partial charge in [0.1, 0.15) is 0 Å². The molecule has 0 atom stereocenters. The van der Waals surface area contributed by atoms with Crippen LogP contribution in [0.15, 0.2) is 47.4 Å². The number of carbonyl (C=O) groups excluding carboxylic acids is 2. The highest BCUT2D eigenvalue weighted by Crippen LogP contribution is 2.34. The maximum atomic E-state index is 12.8. The van der Waals surface area contributed by atoms with E-state index in [0.29, 0.717) is 12.1 Å². The number of amides is 2. The maximum Gasteiger partial charge on any atom is 0.416 e. The summed E-state index contributed by atoms with van der Waals surface area (Å²) in [7, 11) is 0. The molecule has 0 aromatic heterocycles. The van der Waals surface area contributed by atoms with Gasteiger partial charge in [-0.2, -0.15) is 13.2 Å². The van der Waals surface area contributed by atoms with Crippen LogP contribution in [0.25, 0.3) is 0 Å². The van der Waals surface area contributed by atoms with Crippen molar-refractivity contribution >= 4 is 46.6 Å². The van der Waals surface area contributed by atoms with Crippen LogP contribution in [-0.4, -0.2) is 17.6 Å². The van der Waals surface area contributed by atoms with Gasteiger partial charge in [0.25, 0.3) is 0 Å². The van der Waals surface area contributed by atoms with Crippen molar-refractivity contribution in [3.8, 4) is 0 Å². The van der Waals surface area contributed by atoms with Gasteiger partial charge in [0.2, 0.25) is 11.8 Å². The Morgan fingerprint density at radius 1 is 0.967 bits per heavy atom. The van der Waals surface area contributed by atoms with Crippen molar-refractivity contribution < 1.29 is 22.8 Å². The van der Waals surface area contributed by atoms with E-state index in [1.165, 1.54) is 11.8 Å². The van der Waals surface area contributed by atoms with E-state index in [1.807, 2.05) is 20.8 Å². The number of nitrogens with one attached hydrogen (secondary N) is 2. The molecule has 2 aromatic rings. The van der Waals surface area contributed by atoms with Gasteiger partial charge >= 0.3 is 6.18 Å². The molecule has 0 heterocycles. The number of anilines is 2. The molecule has 0 spiro atoms. The second kappa shape index (κ2) is 9.75. The zero-order chi connectivity index (χ0) is 22.5. The third-order valence-corrected chi connectivity index (χ3v) is 5.11. The van der Waals surface area contributed by atoms with Gasteiger partial charge in [-0.25, -0.2) is 0 Å². The lowest BCUT2D eigenvalue weighted by atomic mass is 9.92. The molecular weight excluding hydrogens is 437 g/mol. The monoisotopic (exact) mass is 458 g/mol. The zero-order valence-electron chi connectivity index (χ0n) is 16.7. The SMILES string of the molecule is CC(C)(C)CC(=O)Nc1ccc(SCC(=O)Nc2cc(C(F)(F)F)ccc2Cl)cc1. The quantitative estimate of drug-likeness (QED) is 0.488. The van der Waals surface area contributed by atoms with E-state index in [0.717, 1.165) is 23.1 Å². The summed E-state index contributed by atoms with van der Waals surface area (Å²) in [6.07, 6.45) is -4.13. The number of carbonyl (C=O) groups is 2. The summed E-state index contributed by atoms with van der Waals surface area (Å²) in [5.41, 5.74) is -0.447. The van der Waals surface area contributed by atoms with Crippen LogP contribution in [-0.2, 0) is 15.8 Å². The Morgan fingerprint density at radius 3 is 2.17 bits per heavy atom. The van der Waals surface area contributed by atoms with Gasteiger partial charge in [-0.1, -0.05) is 32.4 Å². The van der Waals surface area contributed by atoms with Crippen LogP contribution in [0.3, 0.4) is 0 Å². The first-order valence-electron chi connectivity index (χ1n) is 9.03. The van der Waals surface area contributed by atoms with E-state index in [9.17, 15) is 22.8 Å². The Bertz CT molecular complexity index is 910. The predicted octanol–water partition coefficient (Wildman–Crippen LogP) is 6.46. The van der Waals surface area contributed by atoms with Gasteiger partial charge in [0.15, 0.2) is 0 Å². The predicted molar refractivity (Wildman–Crippen MR) is 115 cm³/mol. The van der Waals surface area contributed by atoms with Crippen molar-refractivity contribution in [1.29, 1.82) is 0 Å². The largest absolute Gasteiger partial charge is 0.416 e. The Kier molecular flexibility index (Phi) is 7.82. The normalized spacial score (nSPS) is 11.8. The van der Waals surface area contributed by atoms with E-state index in [2.05, 4.69) is 10.6 Å². The van der Waals surface area contributed by atoms with Crippen molar-refractivity contribution in [3.05, 3.63) is 53.1 Å². The lowest BCUT2D eigenvalue weighted by molar-refractivity contribution is -0.137. The molecule has 0 aliphatic carbocycles. The number of benzene rings is 2. The van der Waals surface area contributed by atoms with Gasteiger partial charge in [-0.05, 0) is 47.9 Å². The van der Waals surface area contributed by atoms with Crippen molar-refractivity contribution in [3.63, 3.8) is 0 Å². The summed E-state index contributed by atoms with van der Waals surface area (Å²) in [5, 5.41) is 5.24. The number of thioether (sulfide) groups is 1. The molecule has 0 aliphatic heterocycles. The molecule has 0 radical (unpaired) electrons. The highest BCUT2D eigenvalue weighted by molar-refractivity contribution is 8.00. The Hall–Kier alpha value is -2.19. The molecule has 2 rings (SSSR count). The first kappa shape index (κ1) is 24.1. The molecule has 2 N–H and O–H groups in total. The van der Waals surface area contributed by atoms with Gasteiger partial charge in [-0.3, -0.25) is 9.59 Å². The second-order valence-corrected chi connectivity index (χ2v) is 9.30. The third-order valence-electron chi connectivity index (χ3n) is 3.77. The van der Waals surface area contributed by atoms with Crippen LogP contribution < -0.4 is 10.6 Å².